The zero-order valence-electron chi connectivity index (χ0n) is 11.0. The van der Waals surface area contributed by atoms with E-state index in [-0.39, 0.29) is 30.5 Å². The first-order valence-corrected chi connectivity index (χ1v) is 6.15. The normalized spacial score (nSPS) is 13.6. The zero-order valence-corrected chi connectivity index (χ0v) is 11.0. The number of carboxylic acid groups (broad SMARTS) is 1. The molecule has 0 bridgehead atoms. The molecule has 2 N–H and O–H groups in total. The SMILES string of the molecule is CC(CC(=O)O)NC(=O)CC(C)c1cccc(F)c1. The van der Waals surface area contributed by atoms with Crippen molar-refractivity contribution in [2.24, 2.45) is 0 Å². The van der Waals surface area contributed by atoms with E-state index in [1.807, 2.05) is 6.92 Å². The van der Waals surface area contributed by atoms with Crippen molar-refractivity contribution >= 4 is 11.9 Å². The molecular formula is C14H18FNO3. The molecule has 0 aliphatic carbocycles. The maximum absolute atomic E-state index is 13.1. The largest absolute Gasteiger partial charge is 0.481 e. The average Bonchev–Trinajstić information content (AvgIpc) is 2.27. The predicted molar refractivity (Wildman–Crippen MR) is 69.3 cm³/mol. The minimum absolute atomic E-state index is 0.111. The minimum atomic E-state index is -0.953. The summed E-state index contributed by atoms with van der Waals surface area (Å²) in [7, 11) is 0. The minimum Gasteiger partial charge on any atom is -0.481 e. The number of carbonyl (C=O) groups is 2. The number of nitrogens with one attached hydrogen (secondary N) is 1. The first-order valence-electron chi connectivity index (χ1n) is 6.15. The Bertz CT molecular complexity index is 462. The van der Waals surface area contributed by atoms with Gasteiger partial charge < -0.3 is 10.4 Å². The van der Waals surface area contributed by atoms with Gasteiger partial charge in [0.2, 0.25) is 5.91 Å². The molecule has 1 rings (SSSR count). The van der Waals surface area contributed by atoms with Crippen LogP contribution in [-0.2, 0) is 9.59 Å². The second-order valence-electron chi connectivity index (χ2n) is 4.73. The van der Waals surface area contributed by atoms with Gasteiger partial charge in [0.1, 0.15) is 5.82 Å². The number of carbonyl (C=O) groups excluding carboxylic acids is 1. The Morgan fingerprint density at radius 3 is 2.58 bits per heavy atom. The molecule has 0 aliphatic heterocycles. The fourth-order valence-corrected chi connectivity index (χ4v) is 1.86. The monoisotopic (exact) mass is 267 g/mol. The summed E-state index contributed by atoms with van der Waals surface area (Å²) in [6.45, 7) is 3.47. The van der Waals surface area contributed by atoms with E-state index in [4.69, 9.17) is 5.11 Å². The number of hydrogen-bond acceptors (Lipinski definition) is 2. The molecule has 1 aromatic rings. The van der Waals surface area contributed by atoms with Gasteiger partial charge in [0, 0.05) is 12.5 Å². The van der Waals surface area contributed by atoms with Crippen LogP contribution in [0.25, 0.3) is 0 Å². The summed E-state index contributed by atoms with van der Waals surface area (Å²) in [5.74, 6) is -1.63. The Morgan fingerprint density at radius 2 is 2.00 bits per heavy atom. The van der Waals surface area contributed by atoms with E-state index in [2.05, 4.69) is 5.32 Å². The van der Waals surface area contributed by atoms with Crippen molar-refractivity contribution in [3.63, 3.8) is 0 Å². The van der Waals surface area contributed by atoms with E-state index >= 15 is 0 Å². The van der Waals surface area contributed by atoms with E-state index in [9.17, 15) is 14.0 Å². The van der Waals surface area contributed by atoms with Gasteiger partial charge in [-0.1, -0.05) is 19.1 Å². The van der Waals surface area contributed by atoms with Crippen LogP contribution in [0.5, 0.6) is 0 Å². The lowest BCUT2D eigenvalue weighted by molar-refractivity contribution is -0.137. The van der Waals surface area contributed by atoms with E-state index in [0.29, 0.717) is 0 Å². The number of benzene rings is 1. The van der Waals surface area contributed by atoms with Gasteiger partial charge in [-0.2, -0.15) is 0 Å². The molecule has 0 radical (unpaired) electrons. The molecule has 0 fully saturated rings. The van der Waals surface area contributed by atoms with E-state index < -0.39 is 12.0 Å². The van der Waals surface area contributed by atoms with E-state index in [1.165, 1.54) is 12.1 Å². The van der Waals surface area contributed by atoms with Crippen LogP contribution in [-0.4, -0.2) is 23.0 Å². The molecule has 0 heterocycles. The van der Waals surface area contributed by atoms with Crippen molar-refractivity contribution in [2.75, 3.05) is 0 Å². The number of halogens is 1. The van der Waals surface area contributed by atoms with Crippen LogP contribution in [0.2, 0.25) is 0 Å². The third-order valence-corrected chi connectivity index (χ3v) is 2.80. The third-order valence-electron chi connectivity index (χ3n) is 2.80. The van der Waals surface area contributed by atoms with Crippen molar-refractivity contribution < 1.29 is 19.1 Å². The molecule has 0 aliphatic rings. The van der Waals surface area contributed by atoms with Gasteiger partial charge in [0.15, 0.2) is 0 Å². The summed E-state index contributed by atoms with van der Waals surface area (Å²) in [4.78, 5) is 22.2. The summed E-state index contributed by atoms with van der Waals surface area (Å²) in [6.07, 6.45) is 0.0908. The van der Waals surface area contributed by atoms with Gasteiger partial charge in [-0.25, -0.2) is 4.39 Å². The van der Waals surface area contributed by atoms with Crippen LogP contribution in [0.15, 0.2) is 24.3 Å². The summed E-state index contributed by atoms with van der Waals surface area (Å²) in [5, 5.41) is 11.2. The summed E-state index contributed by atoms with van der Waals surface area (Å²) in [5.41, 5.74) is 0.751. The number of carboxylic acids is 1. The highest BCUT2D eigenvalue weighted by Crippen LogP contribution is 2.19. The topological polar surface area (TPSA) is 66.4 Å². The second-order valence-corrected chi connectivity index (χ2v) is 4.73. The highest BCUT2D eigenvalue weighted by atomic mass is 19.1. The highest BCUT2D eigenvalue weighted by molar-refractivity contribution is 5.78. The van der Waals surface area contributed by atoms with Crippen molar-refractivity contribution in [1.29, 1.82) is 0 Å². The maximum atomic E-state index is 13.1. The molecule has 5 heteroatoms. The summed E-state index contributed by atoms with van der Waals surface area (Å²) >= 11 is 0. The van der Waals surface area contributed by atoms with Crippen LogP contribution >= 0.6 is 0 Å². The molecule has 0 aromatic heterocycles. The lowest BCUT2D eigenvalue weighted by Gasteiger charge is -2.15. The van der Waals surface area contributed by atoms with Crippen LogP contribution < -0.4 is 5.32 Å². The Hall–Kier alpha value is -1.91. The summed E-state index contributed by atoms with van der Waals surface area (Å²) < 4.78 is 13.1. The van der Waals surface area contributed by atoms with Crippen molar-refractivity contribution in [1.82, 2.24) is 5.32 Å². The molecule has 4 nitrogen and oxygen atoms in total. The van der Waals surface area contributed by atoms with Crippen molar-refractivity contribution in [3.8, 4) is 0 Å². The summed E-state index contributed by atoms with van der Waals surface area (Å²) in [6, 6.07) is 5.71. The standard InChI is InChI=1S/C14H18FNO3/c1-9(11-4-3-5-12(15)8-11)6-13(17)16-10(2)7-14(18)19/h3-5,8-10H,6-7H2,1-2H3,(H,16,17)(H,18,19). The molecular weight excluding hydrogens is 249 g/mol. The number of rotatable bonds is 6. The smallest absolute Gasteiger partial charge is 0.305 e. The molecule has 19 heavy (non-hydrogen) atoms. The highest BCUT2D eigenvalue weighted by Gasteiger charge is 2.15. The number of hydrogen-bond donors (Lipinski definition) is 2. The van der Waals surface area contributed by atoms with Gasteiger partial charge in [-0.15, -0.1) is 0 Å². The molecule has 0 spiro atoms. The van der Waals surface area contributed by atoms with Gasteiger partial charge in [0.25, 0.3) is 0 Å². The maximum Gasteiger partial charge on any atom is 0.305 e. The zero-order chi connectivity index (χ0) is 14.4. The quantitative estimate of drug-likeness (QED) is 0.831. The van der Waals surface area contributed by atoms with Gasteiger partial charge in [-0.05, 0) is 30.5 Å². The lowest BCUT2D eigenvalue weighted by atomic mass is 9.97. The van der Waals surface area contributed by atoms with Gasteiger partial charge in [0.05, 0.1) is 6.42 Å². The second kappa shape index (κ2) is 6.87. The molecule has 2 atom stereocenters. The number of aliphatic carboxylic acids is 1. The first kappa shape index (κ1) is 15.1. The van der Waals surface area contributed by atoms with Gasteiger partial charge in [-0.3, -0.25) is 9.59 Å². The van der Waals surface area contributed by atoms with Crippen LogP contribution in [0.1, 0.15) is 38.2 Å². The van der Waals surface area contributed by atoms with E-state index in [1.54, 1.807) is 19.1 Å². The molecule has 0 saturated heterocycles. The first-order chi connectivity index (χ1) is 8.88. The van der Waals surface area contributed by atoms with Crippen LogP contribution in [0, 0.1) is 5.82 Å². The molecule has 2 unspecified atom stereocenters. The number of amides is 1. The molecule has 104 valence electrons. The van der Waals surface area contributed by atoms with Crippen molar-refractivity contribution in [2.45, 2.75) is 38.6 Å². The lowest BCUT2D eigenvalue weighted by Crippen LogP contribution is -2.34. The fourth-order valence-electron chi connectivity index (χ4n) is 1.86. The van der Waals surface area contributed by atoms with Crippen molar-refractivity contribution in [3.05, 3.63) is 35.6 Å². The van der Waals surface area contributed by atoms with Gasteiger partial charge >= 0.3 is 5.97 Å². The third kappa shape index (κ3) is 5.50. The molecule has 1 aromatic carbocycles. The Kier molecular flexibility index (Phi) is 5.48. The fraction of sp³-hybridized carbons (Fsp3) is 0.429. The predicted octanol–water partition coefficient (Wildman–Crippen LogP) is 2.30. The Labute approximate surface area is 111 Å². The van der Waals surface area contributed by atoms with Crippen LogP contribution in [0.4, 0.5) is 4.39 Å². The Balaban J connectivity index is 2.50. The van der Waals surface area contributed by atoms with E-state index in [0.717, 1.165) is 5.56 Å². The molecule has 1 amide bonds. The average molecular weight is 267 g/mol. The Morgan fingerprint density at radius 1 is 1.32 bits per heavy atom. The molecule has 0 saturated carbocycles. The van der Waals surface area contributed by atoms with Crippen LogP contribution in [0.3, 0.4) is 0 Å².